The Morgan fingerprint density at radius 2 is 2.15 bits per heavy atom. The number of nitrogens with zero attached hydrogens (tertiary/aromatic N) is 1. The van der Waals surface area contributed by atoms with Gasteiger partial charge in [0.05, 0.1) is 10.0 Å². The van der Waals surface area contributed by atoms with Crippen molar-refractivity contribution in [3.63, 3.8) is 0 Å². The molecule has 0 spiro atoms. The third kappa shape index (κ3) is 3.24. The van der Waals surface area contributed by atoms with Crippen LogP contribution in [0.3, 0.4) is 0 Å². The van der Waals surface area contributed by atoms with E-state index >= 15 is 0 Å². The van der Waals surface area contributed by atoms with E-state index in [2.05, 4.69) is 4.72 Å². The second-order valence-electron chi connectivity index (χ2n) is 2.44. The highest BCUT2D eigenvalue weighted by Crippen LogP contribution is 2.25. The fourth-order valence-electron chi connectivity index (χ4n) is 0.758. The van der Waals surface area contributed by atoms with Gasteiger partial charge < -0.3 is 4.72 Å². The van der Waals surface area contributed by atoms with Crippen LogP contribution >= 0.6 is 11.6 Å². The van der Waals surface area contributed by atoms with Gasteiger partial charge in [-0.15, -0.1) is 5.69 Å². The van der Waals surface area contributed by atoms with E-state index in [4.69, 9.17) is 11.6 Å². The third-order valence-electron chi connectivity index (χ3n) is 1.42. The minimum Gasteiger partial charge on any atom is -0.577 e. The summed E-state index contributed by atoms with van der Waals surface area (Å²) in [5.41, 5.74) is 0.370. The zero-order chi connectivity index (χ0) is 9.90. The van der Waals surface area contributed by atoms with Crippen LogP contribution in [0.5, 0.6) is 0 Å². The van der Waals surface area contributed by atoms with Gasteiger partial charge in [0.2, 0.25) is 0 Å². The Morgan fingerprint density at radius 3 is 2.69 bits per heavy atom. The number of hydrogen-bond donors (Lipinski definition) is 0. The quantitative estimate of drug-likeness (QED) is 0.783. The van der Waals surface area contributed by atoms with Gasteiger partial charge in [0.15, 0.2) is 0 Å². The molecule has 0 heterocycles. The average Bonchev–Trinajstić information content (AvgIpc) is 2.03. The van der Waals surface area contributed by atoms with E-state index in [1.165, 1.54) is 6.07 Å². The molecule has 0 aliphatic rings. The van der Waals surface area contributed by atoms with E-state index < -0.39 is 10.0 Å². The Hall–Kier alpha value is -0.740. The maximum atomic E-state index is 11.1. The molecular formula is C8H9ClNO2S-. The van der Waals surface area contributed by atoms with Crippen molar-refractivity contribution in [3.8, 4) is 0 Å². The van der Waals surface area contributed by atoms with E-state index in [0.717, 1.165) is 0 Å². The molecule has 0 unspecified atom stereocenters. The van der Waals surface area contributed by atoms with Crippen LogP contribution in [0, 0.1) is 0 Å². The van der Waals surface area contributed by atoms with E-state index in [-0.39, 0.29) is 5.75 Å². The van der Waals surface area contributed by atoms with E-state index in [9.17, 15) is 8.42 Å². The maximum Gasteiger partial charge on any atom is 0.0935 e. The van der Waals surface area contributed by atoms with Gasteiger partial charge in [-0.1, -0.05) is 36.7 Å². The standard InChI is InChI=1S/C8H9ClNO2S/c1-2-13(11,12)10-8-5-3-4-7(9)6-8/h3-6H,2H2,1H3/q-1. The topological polar surface area (TPSA) is 48.2 Å². The summed E-state index contributed by atoms with van der Waals surface area (Å²) in [6.07, 6.45) is 0. The number of benzene rings is 1. The molecule has 5 heteroatoms. The monoisotopic (exact) mass is 218 g/mol. The van der Waals surface area contributed by atoms with Crippen molar-refractivity contribution in [2.75, 3.05) is 5.75 Å². The fourth-order valence-corrected chi connectivity index (χ4v) is 1.51. The molecule has 0 bridgehead atoms. The zero-order valence-electron chi connectivity index (χ0n) is 7.07. The van der Waals surface area contributed by atoms with Crippen LogP contribution in [0.2, 0.25) is 5.02 Å². The van der Waals surface area contributed by atoms with Crippen molar-refractivity contribution in [2.45, 2.75) is 6.92 Å². The predicted molar refractivity (Wildman–Crippen MR) is 53.9 cm³/mol. The molecule has 1 aromatic rings. The highest BCUT2D eigenvalue weighted by atomic mass is 35.5. The Bertz CT molecular complexity index is 389. The van der Waals surface area contributed by atoms with Crippen LogP contribution in [0.4, 0.5) is 5.69 Å². The first kappa shape index (κ1) is 10.3. The molecule has 0 fully saturated rings. The third-order valence-corrected chi connectivity index (χ3v) is 2.87. The molecule has 1 aromatic carbocycles. The predicted octanol–water partition coefficient (Wildman–Crippen LogP) is 2.69. The Morgan fingerprint density at radius 1 is 1.46 bits per heavy atom. The highest BCUT2D eigenvalue weighted by Gasteiger charge is 1.94. The Kier molecular flexibility index (Phi) is 3.17. The number of hydrogen-bond acceptors (Lipinski definition) is 2. The second-order valence-corrected chi connectivity index (χ2v) is 4.80. The summed E-state index contributed by atoms with van der Waals surface area (Å²) >= 11 is 5.66. The first-order chi connectivity index (χ1) is 6.03. The lowest BCUT2D eigenvalue weighted by Crippen LogP contribution is -1.98. The zero-order valence-corrected chi connectivity index (χ0v) is 8.64. The molecule has 0 amide bonds. The summed E-state index contributed by atoms with van der Waals surface area (Å²) in [5, 5.41) is 0.479. The molecule has 0 radical (unpaired) electrons. The second kappa shape index (κ2) is 3.98. The van der Waals surface area contributed by atoms with Crippen molar-refractivity contribution >= 4 is 27.3 Å². The summed E-state index contributed by atoms with van der Waals surface area (Å²) in [5.74, 6) is -0.000483. The first-order valence-electron chi connectivity index (χ1n) is 3.75. The van der Waals surface area contributed by atoms with E-state index in [0.29, 0.717) is 10.7 Å². The number of sulfonamides is 1. The normalized spacial score (nSPS) is 11.2. The Labute approximate surface area is 82.8 Å². The Balaban J connectivity index is 2.87. The van der Waals surface area contributed by atoms with Gasteiger partial charge in [0.25, 0.3) is 0 Å². The van der Waals surface area contributed by atoms with Crippen LogP contribution in [0.1, 0.15) is 6.92 Å². The molecule has 0 atom stereocenters. The average molecular weight is 219 g/mol. The lowest BCUT2D eigenvalue weighted by Gasteiger charge is -2.20. The minimum atomic E-state index is -3.32. The van der Waals surface area contributed by atoms with Crippen molar-refractivity contribution in [2.24, 2.45) is 0 Å². The lowest BCUT2D eigenvalue weighted by molar-refractivity contribution is 0.604. The maximum absolute atomic E-state index is 11.1. The molecule has 0 saturated heterocycles. The molecule has 0 aliphatic carbocycles. The van der Waals surface area contributed by atoms with E-state index in [1.54, 1.807) is 25.1 Å². The van der Waals surface area contributed by atoms with Crippen LogP contribution in [-0.4, -0.2) is 14.2 Å². The molecular weight excluding hydrogens is 210 g/mol. The van der Waals surface area contributed by atoms with Gasteiger partial charge in [0, 0.05) is 10.8 Å². The molecule has 0 aliphatic heterocycles. The van der Waals surface area contributed by atoms with Crippen LogP contribution < -0.4 is 0 Å². The number of rotatable bonds is 3. The van der Waals surface area contributed by atoms with Gasteiger partial charge in [-0.2, -0.15) is 0 Å². The van der Waals surface area contributed by atoms with Gasteiger partial charge >= 0.3 is 0 Å². The molecule has 13 heavy (non-hydrogen) atoms. The van der Waals surface area contributed by atoms with Crippen LogP contribution in [-0.2, 0) is 10.0 Å². The largest absolute Gasteiger partial charge is 0.577 e. The van der Waals surface area contributed by atoms with Crippen molar-refractivity contribution < 1.29 is 8.42 Å². The SMILES string of the molecule is CCS(=O)(=O)[N-]c1cccc(Cl)c1. The van der Waals surface area contributed by atoms with Crippen molar-refractivity contribution in [3.05, 3.63) is 34.0 Å². The van der Waals surface area contributed by atoms with Crippen molar-refractivity contribution in [1.82, 2.24) is 0 Å². The molecule has 0 aromatic heterocycles. The lowest BCUT2D eigenvalue weighted by atomic mass is 10.3. The summed E-state index contributed by atoms with van der Waals surface area (Å²) in [6.45, 7) is 1.55. The summed E-state index contributed by atoms with van der Waals surface area (Å²) in [4.78, 5) is 0. The fraction of sp³-hybridized carbons (Fsp3) is 0.250. The van der Waals surface area contributed by atoms with Gasteiger partial charge in [-0.3, -0.25) is 0 Å². The molecule has 72 valence electrons. The van der Waals surface area contributed by atoms with Crippen molar-refractivity contribution in [1.29, 1.82) is 0 Å². The molecule has 1 rings (SSSR count). The summed E-state index contributed by atoms with van der Waals surface area (Å²) < 4.78 is 25.7. The van der Waals surface area contributed by atoms with Crippen LogP contribution in [0.15, 0.2) is 24.3 Å². The molecule has 0 saturated carbocycles. The highest BCUT2D eigenvalue weighted by molar-refractivity contribution is 7.94. The van der Waals surface area contributed by atoms with E-state index in [1.807, 2.05) is 0 Å². The van der Waals surface area contributed by atoms with Gasteiger partial charge in [-0.05, 0) is 6.07 Å². The van der Waals surface area contributed by atoms with Gasteiger partial charge in [0.1, 0.15) is 0 Å². The number of halogens is 1. The van der Waals surface area contributed by atoms with Crippen LogP contribution in [0.25, 0.3) is 4.72 Å². The molecule has 0 N–H and O–H groups in total. The molecule has 3 nitrogen and oxygen atoms in total. The summed E-state index contributed by atoms with van der Waals surface area (Å²) in [6, 6.07) is 6.43. The smallest absolute Gasteiger partial charge is 0.0935 e. The van der Waals surface area contributed by atoms with Gasteiger partial charge in [-0.25, -0.2) is 8.42 Å². The first-order valence-corrected chi connectivity index (χ1v) is 5.73. The minimum absolute atomic E-state index is 0.000483. The summed E-state index contributed by atoms with van der Waals surface area (Å²) in [7, 11) is -3.32.